The summed E-state index contributed by atoms with van der Waals surface area (Å²) in [5.74, 6) is 0.862. The summed E-state index contributed by atoms with van der Waals surface area (Å²) >= 11 is 0. The summed E-state index contributed by atoms with van der Waals surface area (Å²) in [5.41, 5.74) is 2.00. The highest BCUT2D eigenvalue weighted by Crippen LogP contribution is 2.21. The van der Waals surface area contributed by atoms with Crippen molar-refractivity contribution in [2.45, 2.75) is 13.0 Å². The molecule has 0 bridgehead atoms. The molecule has 2 heterocycles. The zero-order valence-electron chi connectivity index (χ0n) is 9.14. The fourth-order valence-corrected chi connectivity index (χ4v) is 1.64. The Balaban J connectivity index is 1.87. The van der Waals surface area contributed by atoms with Crippen LogP contribution >= 0.6 is 0 Å². The van der Waals surface area contributed by atoms with Crippen molar-refractivity contribution < 1.29 is 9.47 Å². The first-order valence-electron chi connectivity index (χ1n) is 5.43. The van der Waals surface area contributed by atoms with Crippen LogP contribution in [0.5, 0.6) is 5.75 Å². The van der Waals surface area contributed by atoms with Gasteiger partial charge in [-0.3, -0.25) is 4.98 Å². The van der Waals surface area contributed by atoms with Gasteiger partial charge in [0, 0.05) is 17.1 Å². The molecule has 3 heteroatoms. The number of epoxide rings is 1. The number of benzene rings is 1. The van der Waals surface area contributed by atoms with Crippen molar-refractivity contribution in [2.75, 3.05) is 13.2 Å². The molecule has 82 valence electrons. The number of aromatic nitrogens is 1. The Morgan fingerprint density at radius 1 is 1.38 bits per heavy atom. The molecule has 0 radical (unpaired) electrons. The molecule has 1 saturated heterocycles. The maximum atomic E-state index is 5.61. The van der Waals surface area contributed by atoms with Gasteiger partial charge in [-0.25, -0.2) is 0 Å². The van der Waals surface area contributed by atoms with Crippen molar-refractivity contribution in [3.8, 4) is 5.75 Å². The van der Waals surface area contributed by atoms with Crippen LogP contribution < -0.4 is 4.74 Å². The number of pyridine rings is 1. The number of hydrogen-bond donors (Lipinski definition) is 0. The Hall–Kier alpha value is -1.61. The normalized spacial score (nSPS) is 18.7. The van der Waals surface area contributed by atoms with Gasteiger partial charge in [0.05, 0.1) is 12.1 Å². The van der Waals surface area contributed by atoms with E-state index in [0.29, 0.717) is 12.7 Å². The molecule has 3 rings (SSSR count). The van der Waals surface area contributed by atoms with Gasteiger partial charge in [0.2, 0.25) is 0 Å². The van der Waals surface area contributed by atoms with E-state index in [1.807, 2.05) is 31.2 Å². The molecule has 0 spiro atoms. The maximum absolute atomic E-state index is 5.61. The number of fused-ring (bicyclic) bond motifs is 1. The molecule has 0 N–H and O–H groups in total. The number of rotatable bonds is 3. The van der Waals surface area contributed by atoms with Crippen LogP contribution in [-0.2, 0) is 4.74 Å². The van der Waals surface area contributed by atoms with Crippen LogP contribution in [0, 0.1) is 6.92 Å². The van der Waals surface area contributed by atoms with Crippen LogP contribution in [-0.4, -0.2) is 24.3 Å². The van der Waals surface area contributed by atoms with Crippen LogP contribution in [0.3, 0.4) is 0 Å². The summed E-state index contributed by atoms with van der Waals surface area (Å²) in [7, 11) is 0. The summed E-state index contributed by atoms with van der Waals surface area (Å²) in [5, 5.41) is 1.14. The number of ether oxygens (including phenoxy) is 2. The molecule has 1 aliphatic rings. The van der Waals surface area contributed by atoms with Gasteiger partial charge >= 0.3 is 0 Å². The van der Waals surface area contributed by atoms with Crippen LogP contribution in [0.1, 0.15) is 5.69 Å². The van der Waals surface area contributed by atoms with Gasteiger partial charge in [0.15, 0.2) is 0 Å². The van der Waals surface area contributed by atoms with Gasteiger partial charge in [0.1, 0.15) is 18.5 Å². The minimum atomic E-state index is 0.293. The van der Waals surface area contributed by atoms with E-state index in [-0.39, 0.29) is 0 Å². The van der Waals surface area contributed by atoms with Gasteiger partial charge in [-0.15, -0.1) is 0 Å². The monoisotopic (exact) mass is 215 g/mol. The van der Waals surface area contributed by atoms with Crippen LogP contribution in [0.4, 0.5) is 0 Å². The second kappa shape index (κ2) is 3.76. The van der Waals surface area contributed by atoms with Crippen LogP contribution in [0.2, 0.25) is 0 Å². The van der Waals surface area contributed by atoms with Gasteiger partial charge in [0.25, 0.3) is 0 Å². The summed E-state index contributed by atoms with van der Waals surface area (Å²) in [6.07, 6.45) is 0.293. The highest BCUT2D eigenvalue weighted by atomic mass is 16.6. The Morgan fingerprint density at radius 3 is 3.00 bits per heavy atom. The van der Waals surface area contributed by atoms with Crippen LogP contribution in [0.25, 0.3) is 10.9 Å². The predicted octanol–water partition coefficient (Wildman–Crippen LogP) is 2.32. The molecule has 0 amide bonds. The Morgan fingerprint density at radius 2 is 2.19 bits per heavy atom. The van der Waals surface area contributed by atoms with E-state index < -0.39 is 0 Å². The first-order valence-corrected chi connectivity index (χ1v) is 5.43. The van der Waals surface area contributed by atoms with Crippen molar-refractivity contribution in [1.29, 1.82) is 0 Å². The van der Waals surface area contributed by atoms with E-state index in [2.05, 4.69) is 11.1 Å². The third kappa shape index (κ3) is 1.99. The third-order valence-electron chi connectivity index (χ3n) is 2.64. The first-order chi connectivity index (χ1) is 7.81. The molecule has 1 unspecified atom stereocenters. The SMILES string of the molecule is Cc1ccc2ccc(OCC3CO3)cc2n1. The molecule has 0 aliphatic carbocycles. The molecule has 1 atom stereocenters. The van der Waals surface area contributed by atoms with Crippen molar-refractivity contribution in [3.63, 3.8) is 0 Å². The Kier molecular flexibility index (Phi) is 2.26. The minimum Gasteiger partial charge on any atom is -0.491 e. The molecule has 16 heavy (non-hydrogen) atoms. The van der Waals surface area contributed by atoms with Crippen molar-refractivity contribution in [1.82, 2.24) is 4.98 Å². The van der Waals surface area contributed by atoms with E-state index >= 15 is 0 Å². The molecule has 3 nitrogen and oxygen atoms in total. The van der Waals surface area contributed by atoms with Gasteiger partial charge < -0.3 is 9.47 Å². The highest BCUT2D eigenvalue weighted by Gasteiger charge is 2.22. The summed E-state index contributed by atoms with van der Waals surface area (Å²) < 4.78 is 10.7. The molecular formula is C13H13NO2. The van der Waals surface area contributed by atoms with Crippen LogP contribution in [0.15, 0.2) is 30.3 Å². The average Bonchev–Trinajstić information content (AvgIpc) is 3.09. The second-order valence-electron chi connectivity index (χ2n) is 4.07. The lowest BCUT2D eigenvalue weighted by Gasteiger charge is -2.05. The zero-order valence-corrected chi connectivity index (χ0v) is 9.14. The standard InChI is InChI=1S/C13H13NO2/c1-9-2-3-10-4-5-11(6-13(10)14-9)15-7-12-8-16-12/h2-6,12H,7-8H2,1H3. The zero-order chi connectivity index (χ0) is 11.0. The number of nitrogens with zero attached hydrogens (tertiary/aromatic N) is 1. The highest BCUT2D eigenvalue weighted by molar-refractivity contribution is 5.80. The lowest BCUT2D eigenvalue weighted by atomic mass is 10.2. The van der Waals surface area contributed by atoms with Gasteiger partial charge in [-0.1, -0.05) is 6.07 Å². The van der Waals surface area contributed by atoms with E-state index in [0.717, 1.165) is 29.0 Å². The molecule has 1 fully saturated rings. The van der Waals surface area contributed by atoms with E-state index in [1.54, 1.807) is 0 Å². The largest absolute Gasteiger partial charge is 0.491 e. The fraction of sp³-hybridized carbons (Fsp3) is 0.308. The lowest BCUT2D eigenvalue weighted by Crippen LogP contribution is -2.03. The topological polar surface area (TPSA) is 34.6 Å². The molecule has 2 aromatic rings. The molecule has 1 aromatic carbocycles. The fourth-order valence-electron chi connectivity index (χ4n) is 1.64. The molecule has 0 saturated carbocycles. The summed E-state index contributed by atoms with van der Waals surface area (Å²) in [6.45, 7) is 3.45. The predicted molar refractivity (Wildman–Crippen MR) is 61.7 cm³/mol. The summed E-state index contributed by atoms with van der Waals surface area (Å²) in [6, 6.07) is 10.1. The smallest absolute Gasteiger partial charge is 0.121 e. The van der Waals surface area contributed by atoms with E-state index in [4.69, 9.17) is 9.47 Å². The van der Waals surface area contributed by atoms with Crippen molar-refractivity contribution >= 4 is 10.9 Å². The van der Waals surface area contributed by atoms with Gasteiger partial charge in [-0.05, 0) is 25.1 Å². The van der Waals surface area contributed by atoms with E-state index in [9.17, 15) is 0 Å². The van der Waals surface area contributed by atoms with Crippen molar-refractivity contribution in [3.05, 3.63) is 36.0 Å². The third-order valence-corrected chi connectivity index (χ3v) is 2.64. The Bertz CT molecular complexity index is 520. The molecular weight excluding hydrogens is 202 g/mol. The van der Waals surface area contributed by atoms with Crippen molar-refractivity contribution in [2.24, 2.45) is 0 Å². The second-order valence-corrected chi connectivity index (χ2v) is 4.07. The Labute approximate surface area is 94.0 Å². The van der Waals surface area contributed by atoms with E-state index in [1.165, 1.54) is 0 Å². The average molecular weight is 215 g/mol. The first kappa shape index (κ1) is 9.60. The number of hydrogen-bond acceptors (Lipinski definition) is 3. The number of aryl methyl sites for hydroxylation is 1. The maximum Gasteiger partial charge on any atom is 0.121 e. The minimum absolute atomic E-state index is 0.293. The molecule has 1 aromatic heterocycles. The lowest BCUT2D eigenvalue weighted by molar-refractivity contribution is 0.263. The van der Waals surface area contributed by atoms with Gasteiger partial charge in [-0.2, -0.15) is 0 Å². The molecule has 1 aliphatic heterocycles. The summed E-state index contributed by atoms with van der Waals surface area (Å²) in [4.78, 5) is 4.47. The quantitative estimate of drug-likeness (QED) is 0.737.